The van der Waals surface area contributed by atoms with E-state index in [2.05, 4.69) is 4.98 Å². The molecule has 1 rings (SSSR count). The highest BCUT2D eigenvalue weighted by molar-refractivity contribution is 8.11. The summed E-state index contributed by atoms with van der Waals surface area (Å²) in [5.41, 5.74) is -9.27. The van der Waals surface area contributed by atoms with Gasteiger partial charge in [-0.3, -0.25) is 0 Å². The van der Waals surface area contributed by atoms with E-state index >= 15 is 0 Å². The zero-order valence-corrected chi connectivity index (χ0v) is 11.6. The number of hydrogen-bond donors (Lipinski definition) is 1. The van der Waals surface area contributed by atoms with Gasteiger partial charge in [0.05, 0.1) is 0 Å². The van der Waals surface area contributed by atoms with Crippen LogP contribution in [-0.4, -0.2) is 32.8 Å². The summed E-state index contributed by atoms with van der Waals surface area (Å²) in [4.78, 5) is 3.06. The minimum atomic E-state index is -6.95. The molecule has 0 unspecified atom stereocenters. The third kappa shape index (κ3) is 2.90. The minimum Gasteiger partial charge on any atom is -0.382 e. The number of sulfonamides is 2. The number of hydrogen-bond acceptors (Lipinski definition) is 6. The van der Waals surface area contributed by atoms with Crippen molar-refractivity contribution in [1.82, 2.24) is 4.98 Å². The van der Waals surface area contributed by atoms with Crippen molar-refractivity contribution in [2.75, 3.05) is 9.44 Å². The standard InChI is InChI=1S/C7H5F6N3O4S2/c8-6(9,10)21(17,18)16(22(19,20)7(11,12)13)4-2-1-3-15-5(4)14/h1-3H,(H2,14,15). The van der Waals surface area contributed by atoms with E-state index in [4.69, 9.17) is 5.73 Å². The van der Waals surface area contributed by atoms with Gasteiger partial charge in [0, 0.05) is 6.20 Å². The normalized spacial score (nSPS) is 13.9. The summed E-state index contributed by atoms with van der Waals surface area (Å²) in [5.74, 6) is -1.16. The van der Waals surface area contributed by atoms with Gasteiger partial charge in [-0.15, -0.1) is 3.71 Å². The number of anilines is 2. The van der Waals surface area contributed by atoms with Crippen LogP contribution in [0, 0.1) is 0 Å². The third-order valence-corrected chi connectivity index (χ3v) is 5.65. The van der Waals surface area contributed by atoms with E-state index in [1.807, 2.05) is 0 Å². The Morgan fingerprint density at radius 1 is 0.955 bits per heavy atom. The van der Waals surface area contributed by atoms with Crippen LogP contribution >= 0.6 is 0 Å². The van der Waals surface area contributed by atoms with Crippen molar-refractivity contribution in [3.63, 3.8) is 0 Å². The first-order valence-electron chi connectivity index (χ1n) is 4.77. The highest BCUT2D eigenvalue weighted by Gasteiger charge is 2.62. The number of rotatable bonds is 3. The van der Waals surface area contributed by atoms with Gasteiger partial charge in [0.2, 0.25) is 0 Å². The van der Waals surface area contributed by atoms with E-state index in [0.717, 1.165) is 6.20 Å². The van der Waals surface area contributed by atoms with E-state index in [-0.39, 0.29) is 0 Å². The predicted molar refractivity (Wildman–Crippen MR) is 61.1 cm³/mol. The van der Waals surface area contributed by atoms with Crippen LogP contribution in [0.5, 0.6) is 0 Å². The average Bonchev–Trinajstić information content (AvgIpc) is 2.28. The van der Waals surface area contributed by atoms with E-state index < -0.39 is 46.3 Å². The maximum absolute atomic E-state index is 12.5. The fourth-order valence-electron chi connectivity index (χ4n) is 1.14. The van der Waals surface area contributed by atoms with Crippen LogP contribution in [0.4, 0.5) is 37.8 Å². The number of nitrogens with zero attached hydrogens (tertiary/aromatic N) is 2. The zero-order chi connectivity index (χ0) is 17.6. The van der Waals surface area contributed by atoms with Crippen LogP contribution < -0.4 is 9.44 Å². The van der Waals surface area contributed by atoms with Crippen LogP contribution in [0.25, 0.3) is 0 Å². The van der Waals surface area contributed by atoms with Crippen LogP contribution in [0.2, 0.25) is 0 Å². The number of pyridine rings is 1. The molecule has 0 saturated carbocycles. The molecule has 0 radical (unpaired) electrons. The molecule has 0 aromatic carbocycles. The maximum atomic E-state index is 12.5. The molecule has 15 heteroatoms. The molecule has 22 heavy (non-hydrogen) atoms. The van der Waals surface area contributed by atoms with Crippen molar-refractivity contribution in [3.8, 4) is 0 Å². The van der Waals surface area contributed by atoms with Gasteiger partial charge >= 0.3 is 31.1 Å². The van der Waals surface area contributed by atoms with Crippen LogP contribution in [-0.2, 0) is 20.0 Å². The molecular formula is C7H5F6N3O4S2. The second kappa shape index (κ2) is 5.15. The molecule has 0 aliphatic rings. The van der Waals surface area contributed by atoms with Crippen LogP contribution in [0.1, 0.15) is 0 Å². The van der Waals surface area contributed by atoms with E-state index in [1.165, 1.54) is 0 Å². The van der Waals surface area contributed by atoms with Gasteiger partial charge in [-0.05, 0) is 12.1 Å². The van der Waals surface area contributed by atoms with E-state index in [1.54, 1.807) is 0 Å². The predicted octanol–water partition coefficient (Wildman–Crippen LogP) is 1.17. The van der Waals surface area contributed by atoms with Crippen molar-refractivity contribution >= 4 is 31.6 Å². The topological polar surface area (TPSA) is 110 Å². The van der Waals surface area contributed by atoms with E-state index in [0.29, 0.717) is 12.1 Å². The van der Waals surface area contributed by atoms with Crippen molar-refractivity contribution < 1.29 is 43.2 Å². The summed E-state index contributed by atoms with van der Waals surface area (Å²) >= 11 is 0. The highest BCUT2D eigenvalue weighted by atomic mass is 32.3. The molecule has 1 aromatic rings. The lowest BCUT2D eigenvalue weighted by Crippen LogP contribution is -2.49. The van der Waals surface area contributed by atoms with Crippen molar-refractivity contribution in [2.24, 2.45) is 0 Å². The second-order valence-corrected chi connectivity index (χ2v) is 7.29. The van der Waals surface area contributed by atoms with Gasteiger partial charge in [0.1, 0.15) is 11.5 Å². The Morgan fingerprint density at radius 2 is 1.36 bits per heavy atom. The molecule has 0 aliphatic carbocycles. The number of aromatic nitrogens is 1. The number of alkyl halides is 6. The summed E-state index contributed by atoms with van der Waals surface area (Å²) < 4.78 is 118. The lowest BCUT2D eigenvalue weighted by molar-refractivity contribution is -0.0462. The molecule has 2 N–H and O–H groups in total. The first kappa shape index (κ1) is 18.3. The minimum absolute atomic E-state index is 0.328. The van der Waals surface area contributed by atoms with Gasteiger partial charge in [0.15, 0.2) is 0 Å². The van der Waals surface area contributed by atoms with Crippen molar-refractivity contribution in [2.45, 2.75) is 11.0 Å². The van der Waals surface area contributed by atoms with Crippen molar-refractivity contribution in [3.05, 3.63) is 18.3 Å². The lowest BCUT2D eigenvalue weighted by atomic mass is 10.4. The highest BCUT2D eigenvalue weighted by Crippen LogP contribution is 2.39. The first-order chi connectivity index (χ1) is 9.64. The molecule has 7 nitrogen and oxygen atoms in total. The Balaban J connectivity index is 3.83. The molecule has 0 amide bonds. The fraction of sp³-hybridized carbons (Fsp3) is 0.286. The summed E-state index contributed by atoms with van der Waals surface area (Å²) in [6.45, 7) is 0. The Labute approximate surface area is 119 Å². The molecule has 0 saturated heterocycles. The summed E-state index contributed by atoms with van der Waals surface area (Å²) in [6.07, 6.45) is 0.803. The van der Waals surface area contributed by atoms with Crippen molar-refractivity contribution in [1.29, 1.82) is 0 Å². The molecule has 0 atom stereocenters. The Bertz CT molecular complexity index is 726. The third-order valence-electron chi connectivity index (χ3n) is 2.03. The Kier molecular flexibility index (Phi) is 4.28. The van der Waals surface area contributed by atoms with Gasteiger partial charge in [-0.1, -0.05) is 0 Å². The second-order valence-electron chi connectivity index (χ2n) is 3.51. The lowest BCUT2D eigenvalue weighted by Gasteiger charge is -2.25. The monoisotopic (exact) mass is 373 g/mol. The fourth-order valence-corrected chi connectivity index (χ4v) is 3.88. The molecule has 1 heterocycles. The zero-order valence-electron chi connectivity index (χ0n) is 9.92. The number of nitrogens with two attached hydrogens (primary N) is 1. The quantitative estimate of drug-likeness (QED) is 0.797. The average molecular weight is 373 g/mol. The van der Waals surface area contributed by atoms with Gasteiger partial charge in [-0.2, -0.15) is 43.2 Å². The molecule has 0 fully saturated rings. The SMILES string of the molecule is Nc1ncccc1N(S(=O)(=O)C(F)(F)F)S(=O)(=O)C(F)(F)F. The smallest absolute Gasteiger partial charge is 0.382 e. The number of nitrogen functional groups attached to an aromatic ring is 1. The summed E-state index contributed by atoms with van der Waals surface area (Å²) in [7, 11) is -13.9. The van der Waals surface area contributed by atoms with Crippen LogP contribution in [0.3, 0.4) is 0 Å². The molecule has 0 spiro atoms. The Morgan fingerprint density at radius 3 is 1.68 bits per heavy atom. The molecular weight excluding hydrogens is 368 g/mol. The molecule has 0 aliphatic heterocycles. The first-order valence-corrected chi connectivity index (χ1v) is 7.65. The molecule has 1 aromatic heterocycles. The molecule has 0 bridgehead atoms. The summed E-state index contributed by atoms with van der Waals surface area (Å²) in [6, 6.07) is 1.03. The Hall–Kier alpha value is -1.77. The van der Waals surface area contributed by atoms with Gasteiger partial charge < -0.3 is 5.73 Å². The largest absolute Gasteiger partial charge is 0.517 e. The molecule has 126 valence electrons. The summed E-state index contributed by atoms with van der Waals surface area (Å²) in [5, 5.41) is 0. The van der Waals surface area contributed by atoms with Gasteiger partial charge in [0.25, 0.3) is 0 Å². The van der Waals surface area contributed by atoms with Crippen LogP contribution in [0.15, 0.2) is 18.3 Å². The maximum Gasteiger partial charge on any atom is 0.517 e. The number of halogens is 6. The van der Waals surface area contributed by atoms with E-state index in [9.17, 15) is 43.2 Å². The van der Waals surface area contributed by atoms with Gasteiger partial charge in [-0.25, -0.2) is 4.98 Å².